The fourth-order valence-electron chi connectivity index (χ4n) is 4.91. The summed E-state index contributed by atoms with van der Waals surface area (Å²) < 4.78 is 17.2. The lowest BCUT2D eigenvalue weighted by Gasteiger charge is -2.12. The highest BCUT2D eigenvalue weighted by atomic mass is 16.5. The number of aryl methyl sites for hydroxylation is 2. The zero-order valence-electron chi connectivity index (χ0n) is 22.9. The summed E-state index contributed by atoms with van der Waals surface area (Å²) >= 11 is 0. The number of rotatable bonds is 9. The Kier molecular flexibility index (Phi) is 8.53. The molecule has 1 N–H and O–H groups in total. The molecule has 6 nitrogen and oxygen atoms in total. The molecule has 3 aromatic carbocycles. The molecule has 1 fully saturated rings. The third kappa shape index (κ3) is 6.93. The number of carboxylic acids is 1. The van der Waals surface area contributed by atoms with Gasteiger partial charge in [-0.15, -0.1) is 0 Å². The zero-order chi connectivity index (χ0) is 27.9. The summed E-state index contributed by atoms with van der Waals surface area (Å²) in [4.78, 5) is 13.2. The molecule has 6 heteroatoms. The summed E-state index contributed by atoms with van der Waals surface area (Å²) in [5.41, 5.74) is 5.86. The van der Waals surface area contributed by atoms with Gasteiger partial charge in [-0.25, -0.2) is 4.79 Å². The van der Waals surface area contributed by atoms with Crippen molar-refractivity contribution in [1.29, 1.82) is 0 Å². The first kappa shape index (κ1) is 27.1. The summed E-state index contributed by atoms with van der Waals surface area (Å²) in [7, 11) is 0. The van der Waals surface area contributed by atoms with Crippen LogP contribution in [0.25, 0.3) is 16.5 Å². The second kappa shape index (κ2) is 12.6. The van der Waals surface area contributed by atoms with Crippen molar-refractivity contribution < 1.29 is 23.8 Å². The highest BCUT2D eigenvalue weighted by molar-refractivity contribution is 5.87. The number of carboxylic acid groups (broad SMARTS) is 1. The van der Waals surface area contributed by atoms with Crippen LogP contribution in [0.4, 0.5) is 0 Å². The van der Waals surface area contributed by atoms with Crippen molar-refractivity contribution in [1.82, 2.24) is 4.90 Å². The molecule has 2 heterocycles. The summed E-state index contributed by atoms with van der Waals surface area (Å²) in [6.07, 6.45) is 4.61. The normalized spacial score (nSPS) is 13.7. The first-order chi connectivity index (χ1) is 19.4. The molecular weight excluding hydrogens is 502 g/mol. The van der Waals surface area contributed by atoms with Crippen LogP contribution in [-0.2, 0) is 4.79 Å². The van der Waals surface area contributed by atoms with E-state index < -0.39 is 5.97 Å². The van der Waals surface area contributed by atoms with Gasteiger partial charge in [-0.3, -0.25) is 4.90 Å². The number of likely N-dealkylation sites (tertiary alicyclic amines) is 1. The van der Waals surface area contributed by atoms with Crippen LogP contribution >= 0.6 is 0 Å². The molecule has 0 radical (unpaired) electrons. The lowest BCUT2D eigenvalue weighted by Crippen LogP contribution is -2.18. The number of furan rings is 1. The third-order valence-electron chi connectivity index (χ3n) is 6.92. The number of carbonyl (C=O) groups is 1. The van der Waals surface area contributed by atoms with E-state index in [0.717, 1.165) is 64.2 Å². The van der Waals surface area contributed by atoms with Gasteiger partial charge < -0.3 is 19.0 Å². The Hall–Kier alpha value is -4.47. The average molecular weight is 536 g/mol. The zero-order valence-corrected chi connectivity index (χ0v) is 22.9. The van der Waals surface area contributed by atoms with Gasteiger partial charge in [0.25, 0.3) is 0 Å². The molecule has 5 rings (SSSR count). The number of aliphatic carboxylic acids is 1. The summed E-state index contributed by atoms with van der Waals surface area (Å²) in [6.45, 7) is 6.90. The Morgan fingerprint density at radius 2 is 1.75 bits per heavy atom. The van der Waals surface area contributed by atoms with Crippen LogP contribution in [0.3, 0.4) is 0 Å². The molecule has 1 saturated heterocycles. The number of ether oxygens (including phenoxy) is 2. The topological polar surface area (TPSA) is 72.1 Å². The van der Waals surface area contributed by atoms with E-state index in [9.17, 15) is 4.79 Å². The van der Waals surface area contributed by atoms with Crippen molar-refractivity contribution in [2.24, 2.45) is 0 Å². The molecule has 204 valence electrons. The quantitative estimate of drug-likeness (QED) is 0.248. The fraction of sp³-hybridized carbons (Fsp3) is 0.265. The second-order valence-electron chi connectivity index (χ2n) is 10.0. The predicted octanol–water partition coefficient (Wildman–Crippen LogP) is 6.47. The maximum atomic E-state index is 10.8. The largest absolute Gasteiger partial charge is 0.489 e. The van der Waals surface area contributed by atoms with Gasteiger partial charge in [-0.2, -0.15) is 0 Å². The molecule has 0 bridgehead atoms. The molecule has 0 saturated carbocycles. The monoisotopic (exact) mass is 535 g/mol. The molecule has 0 atom stereocenters. The fourth-order valence-corrected chi connectivity index (χ4v) is 4.91. The lowest BCUT2D eigenvalue weighted by molar-refractivity contribution is -0.139. The molecule has 40 heavy (non-hydrogen) atoms. The summed E-state index contributed by atoms with van der Waals surface area (Å²) in [5, 5.41) is 9.91. The van der Waals surface area contributed by atoms with Gasteiger partial charge in [0.2, 0.25) is 0 Å². The minimum Gasteiger partial charge on any atom is -0.489 e. The SMILES string of the molecule is Cc1cc2cc(/C(=C/COc3ccc(OCC(=O)O)c(C)c3)c3ccc(C#CCN4CCCC4)cc3)ccc2o1. The first-order valence-corrected chi connectivity index (χ1v) is 13.5. The van der Waals surface area contributed by atoms with Crippen molar-refractivity contribution >= 4 is 22.5 Å². The van der Waals surface area contributed by atoms with Crippen LogP contribution < -0.4 is 9.47 Å². The Labute approximate surface area is 234 Å². The van der Waals surface area contributed by atoms with Gasteiger partial charge in [0.05, 0.1) is 6.54 Å². The van der Waals surface area contributed by atoms with E-state index in [2.05, 4.69) is 59.2 Å². The van der Waals surface area contributed by atoms with Gasteiger partial charge in [-0.1, -0.05) is 30.0 Å². The van der Waals surface area contributed by atoms with Crippen LogP contribution in [0, 0.1) is 25.7 Å². The second-order valence-corrected chi connectivity index (χ2v) is 10.0. The minimum atomic E-state index is -1.01. The van der Waals surface area contributed by atoms with Crippen LogP contribution in [-0.4, -0.2) is 48.8 Å². The number of hydrogen-bond donors (Lipinski definition) is 1. The number of nitrogens with zero attached hydrogens (tertiary/aromatic N) is 1. The Bertz CT molecular complexity index is 1580. The van der Waals surface area contributed by atoms with Crippen LogP contribution in [0.1, 0.15) is 40.9 Å². The molecule has 0 unspecified atom stereocenters. The molecule has 0 spiro atoms. The van der Waals surface area contributed by atoms with E-state index in [1.807, 2.05) is 32.0 Å². The summed E-state index contributed by atoms with van der Waals surface area (Å²) in [5.74, 6) is 7.69. The van der Waals surface area contributed by atoms with Crippen molar-refractivity contribution in [2.75, 3.05) is 32.8 Å². The number of fused-ring (bicyclic) bond motifs is 1. The van der Waals surface area contributed by atoms with Crippen molar-refractivity contribution in [3.63, 3.8) is 0 Å². The molecule has 0 aliphatic carbocycles. The average Bonchev–Trinajstić information content (AvgIpc) is 3.59. The van der Waals surface area contributed by atoms with E-state index in [1.165, 1.54) is 12.8 Å². The molecule has 4 aromatic rings. The first-order valence-electron chi connectivity index (χ1n) is 13.5. The highest BCUT2D eigenvalue weighted by Crippen LogP contribution is 2.29. The van der Waals surface area contributed by atoms with Crippen LogP contribution in [0.5, 0.6) is 11.5 Å². The maximum Gasteiger partial charge on any atom is 0.341 e. The minimum absolute atomic E-state index is 0.351. The number of benzene rings is 3. The molecule has 1 aliphatic heterocycles. The van der Waals surface area contributed by atoms with Gasteiger partial charge in [0, 0.05) is 10.9 Å². The Balaban J connectivity index is 1.35. The Morgan fingerprint density at radius 1 is 0.975 bits per heavy atom. The van der Waals surface area contributed by atoms with Crippen molar-refractivity contribution in [2.45, 2.75) is 26.7 Å². The predicted molar refractivity (Wildman–Crippen MR) is 157 cm³/mol. The van der Waals surface area contributed by atoms with E-state index >= 15 is 0 Å². The molecule has 0 amide bonds. The van der Waals surface area contributed by atoms with Gasteiger partial charge in [0.1, 0.15) is 29.4 Å². The van der Waals surface area contributed by atoms with Gasteiger partial charge in [0.15, 0.2) is 6.61 Å². The van der Waals surface area contributed by atoms with E-state index in [1.54, 1.807) is 12.1 Å². The number of hydrogen-bond acceptors (Lipinski definition) is 5. The van der Waals surface area contributed by atoms with Gasteiger partial charge in [-0.05, 0) is 117 Å². The highest BCUT2D eigenvalue weighted by Gasteiger charge is 2.11. The third-order valence-corrected chi connectivity index (χ3v) is 6.92. The molecule has 1 aliphatic rings. The Morgan fingerprint density at radius 3 is 2.50 bits per heavy atom. The maximum absolute atomic E-state index is 10.8. The summed E-state index contributed by atoms with van der Waals surface area (Å²) in [6, 6.07) is 22.0. The molecular formula is C34H33NO5. The van der Waals surface area contributed by atoms with Gasteiger partial charge >= 0.3 is 5.97 Å². The smallest absolute Gasteiger partial charge is 0.341 e. The van der Waals surface area contributed by atoms with Crippen LogP contribution in [0.2, 0.25) is 0 Å². The standard InChI is InChI=1S/C34H33NO5/c1-24-20-30(12-14-32(24)39-23-34(36)37)38-19-15-31(28-11-13-33-29(22-28)21-25(2)40-33)27-9-7-26(8-10-27)6-5-18-35-16-3-4-17-35/h7-15,20-22H,3-4,16-19,23H2,1-2H3,(H,36,37)/b31-15+. The van der Waals surface area contributed by atoms with E-state index in [0.29, 0.717) is 18.1 Å². The van der Waals surface area contributed by atoms with Crippen molar-refractivity contribution in [3.05, 3.63) is 101 Å². The van der Waals surface area contributed by atoms with E-state index in [-0.39, 0.29) is 6.61 Å². The van der Waals surface area contributed by atoms with Crippen molar-refractivity contribution in [3.8, 4) is 23.3 Å². The lowest BCUT2D eigenvalue weighted by atomic mass is 9.96. The van der Waals surface area contributed by atoms with E-state index in [4.69, 9.17) is 19.0 Å². The van der Waals surface area contributed by atoms with Crippen LogP contribution in [0.15, 0.2) is 77.2 Å². The molecule has 1 aromatic heterocycles.